The standard InChI is InChI=1S/C21H26FN3O/c1-16-20(12-13-21(26)24-14-6-4-3-5-7-15-24)17(2)25(23-16)19-10-8-18(22)9-11-19/h8-13H,3-7,14-15H2,1-2H3/b13-12+. The van der Waals surface area contributed by atoms with Crippen LogP contribution in [0.1, 0.15) is 49.1 Å². The molecule has 138 valence electrons. The van der Waals surface area contributed by atoms with Gasteiger partial charge in [0.1, 0.15) is 5.82 Å². The molecular formula is C21H26FN3O. The first kappa shape index (κ1) is 18.4. The van der Waals surface area contributed by atoms with E-state index in [0.717, 1.165) is 48.6 Å². The van der Waals surface area contributed by atoms with E-state index >= 15 is 0 Å². The molecule has 1 aliphatic heterocycles. The molecule has 1 aromatic carbocycles. The number of benzene rings is 1. The smallest absolute Gasteiger partial charge is 0.246 e. The van der Waals surface area contributed by atoms with Gasteiger partial charge in [-0.25, -0.2) is 9.07 Å². The fourth-order valence-corrected chi connectivity index (χ4v) is 3.46. The minimum Gasteiger partial charge on any atom is -0.339 e. The summed E-state index contributed by atoms with van der Waals surface area (Å²) in [4.78, 5) is 14.5. The molecule has 0 saturated carbocycles. The monoisotopic (exact) mass is 355 g/mol. The van der Waals surface area contributed by atoms with E-state index in [1.165, 1.54) is 31.4 Å². The molecule has 0 atom stereocenters. The third kappa shape index (κ3) is 4.21. The lowest BCUT2D eigenvalue weighted by molar-refractivity contribution is -0.126. The van der Waals surface area contributed by atoms with E-state index in [1.807, 2.05) is 24.8 Å². The van der Waals surface area contributed by atoms with Crippen molar-refractivity contribution >= 4 is 12.0 Å². The SMILES string of the molecule is Cc1nn(-c2ccc(F)cc2)c(C)c1/C=C/C(=O)N1CCCCCCC1. The quantitative estimate of drug-likeness (QED) is 0.764. The largest absolute Gasteiger partial charge is 0.339 e. The Morgan fingerprint density at radius 1 is 1.04 bits per heavy atom. The summed E-state index contributed by atoms with van der Waals surface area (Å²) in [5, 5.41) is 4.55. The third-order valence-corrected chi connectivity index (χ3v) is 4.98. The molecule has 0 spiro atoms. The average molecular weight is 355 g/mol. The zero-order valence-corrected chi connectivity index (χ0v) is 15.5. The minimum absolute atomic E-state index is 0.0697. The lowest BCUT2D eigenvalue weighted by Crippen LogP contribution is -2.32. The second kappa shape index (κ2) is 8.30. The molecule has 0 N–H and O–H groups in total. The van der Waals surface area contributed by atoms with Crippen LogP contribution in [0.2, 0.25) is 0 Å². The zero-order valence-electron chi connectivity index (χ0n) is 15.5. The van der Waals surface area contributed by atoms with E-state index in [9.17, 15) is 9.18 Å². The minimum atomic E-state index is -0.269. The predicted molar refractivity (Wildman–Crippen MR) is 102 cm³/mol. The van der Waals surface area contributed by atoms with Crippen LogP contribution in [0.25, 0.3) is 11.8 Å². The number of hydrogen-bond donors (Lipinski definition) is 0. The van der Waals surface area contributed by atoms with Gasteiger partial charge in [0.15, 0.2) is 0 Å². The van der Waals surface area contributed by atoms with Crippen molar-refractivity contribution in [1.82, 2.24) is 14.7 Å². The maximum Gasteiger partial charge on any atom is 0.246 e. The van der Waals surface area contributed by atoms with Gasteiger partial charge in [0.05, 0.1) is 11.4 Å². The summed E-state index contributed by atoms with van der Waals surface area (Å²) in [6, 6.07) is 6.25. The Balaban J connectivity index is 1.77. The fraction of sp³-hybridized carbons (Fsp3) is 0.429. The van der Waals surface area contributed by atoms with Gasteiger partial charge in [-0.15, -0.1) is 0 Å². The Kier molecular flexibility index (Phi) is 5.86. The van der Waals surface area contributed by atoms with Crippen molar-refractivity contribution in [2.75, 3.05) is 13.1 Å². The summed E-state index contributed by atoms with van der Waals surface area (Å²) in [7, 11) is 0. The lowest BCUT2D eigenvalue weighted by Gasteiger charge is -2.23. The highest BCUT2D eigenvalue weighted by molar-refractivity contribution is 5.92. The van der Waals surface area contributed by atoms with E-state index in [-0.39, 0.29) is 11.7 Å². The molecule has 5 heteroatoms. The average Bonchev–Trinajstić information content (AvgIpc) is 2.87. The van der Waals surface area contributed by atoms with Crippen LogP contribution in [0.15, 0.2) is 30.3 Å². The van der Waals surface area contributed by atoms with Gasteiger partial charge < -0.3 is 4.90 Å². The second-order valence-electron chi connectivity index (χ2n) is 6.90. The molecule has 3 rings (SSSR count). The first-order valence-electron chi connectivity index (χ1n) is 9.35. The van der Waals surface area contributed by atoms with Crippen LogP contribution >= 0.6 is 0 Å². The molecule has 0 aliphatic carbocycles. The zero-order chi connectivity index (χ0) is 18.5. The van der Waals surface area contributed by atoms with E-state index in [0.29, 0.717) is 0 Å². The summed E-state index contributed by atoms with van der Waals surface area (Å²) in [6.45, 7) is 5.57. The third-order valence-electron chi connectivity index (χ3n) is 4.98. The van der Waals surface area contributed by atoms with Gasteiger partial charge in [-0.3, -0.25) is 4.79 Å². The van der Waals surface area contributed by atoms with Gasteiger partial charge in [0.25, 0.3) is 0 Å². The van der Waals surface area contributed by atoms with Crippen molar-refractivity contribution in [2.24, 2.45) is 0 Å². The van der Waals surface area contributed by atoms with Crippen LogP contribution in [0, 0.1) is 19.7 Å². The summed E-state index contributed by atoms with van der Waals surface area (Å²) >= 11 is 0. The predicted octanol–water partition coefficient (Wildman–Crippen LogP) is 4.43. The number of aromatic nitrogens is 2. The van der Waals surface area contributed by atoms with Crippen LogP contribution in [0.3, 0.4) is 0 Å². The summed E-state index contributed by atoms with van der Waals surface area (Å²) in [6.07, 6.45) is 9.37. The topological polar surface area (TPSA) is 38.1 Å². The highest BCUT2D eigenvalue weighted by Gasteiger charge is 2.14. The molecule has 1 aromatic heterocycles. The molecule has 1 saturated heterocycles. The first-order chi connectivity index (χ1) is 12.6. The van der Waals surface area contributed by atoms with Crippen LogP contribution < -0.4 is 0 Å². The van der Waals surface area contributed by atoms with E-state index in [2.05, 4.69) is 5.10 Å². The van der Waals surface area contributed by atoms with Crippen molar-refractivity contribution in [3.05, 3.63) is 53.1 Å². The molecule has 0 unspecified atom stereocenters. The van der Waals surface area contributed by atoms with Crippen molar-refractivity contribution < 1.29 is 9.18 Å². The number of hydrogen-bond acceptors (Lipinski definition) is 2. The number of carbonyl (C=O) groups is 1. The maximum atomic E-state index is 13.1. The van der Waals surface area contributed by atoms with Gasteiger partial charge in [-0.1, -0.05) is 19.3 Å². The highest BCUT2D eigenvalue weighted by atomic mass is 19.1. The normalized spacial score (nSPS) is 15.9. The number of nitrogens with zero attached hydrogens (tertiary/aromatic N) is 3. The Bertz CT molecular complexity index is 784. The molecule has 0 bridgehead atoms. The number of likely N-dealkylation sites (tertiary alicyclic amines) is 1. The number of aryl methyl sites for hydroxylation is 1. The van der Waals surface area contributed by atoms with Crippen molar-refractivity contribution in [3.8, 4) is 5.69 Å². The Morgan fingerprint density at radius 3 is 2.31 bits per heavy atom. The van der Waals surface area contributed by atoms with Gasteiger partial charge in [0, 0.05) is 30.4 Å². The molecule has 0 radical (unpaired) electrons. The number of carbonyl (C=O) groups excluding carboxylic acids is 1. The summed E-state index contributed by atoms with van der Waals surface area (Å²) < 4.78 is 14.9. The lowest BCUT2D eigenvalue weighted by atomic mass is 10.1. The van der Waals surface area contributed by atoms with Crippen molar-refractivity contribution in [3.63, 3.8) is 0 Å². The molecule has 26 heavy (non-hydrogen) atoms. The van der Waals surface area contributed by atoms with Crippen LogP contribution in [0.5, 0.6) is 0 Å². The van der Waals surface area contributed by atoms with Gasteiger partial charge in [-0.05, 0) is 57.0 Å². The van der Waals surface area contributed by atoms with E-state index in [1.54, 1.807) is 22.9 Å². The molecule has 2 aromatic rings. The molecule has 1 amide bonds. The van der Waals surface area contributed by atoms with Crippen molar-refractivity contribution in [2.45, 2.75) is 46.0 Å². The second-order valence-corrected chi connectivity index (χ2v) is 6.90. The van der Waals surface area contributed by atoms with Crippen LogP contribution in [-0.2, 0) is 4.79 Å². The Labute approximate surface area is 154 Å². The first-order valence-corrected chi connectivity index (χ1v) is 9.35. The van der Waals surface area contributed by atoms with E-state index in [4.69, 9.17) is 0 Å². The van der Waals surface area contributed by atoms with Crippen LogP contribution in [-0.4, -0.2) is 33.7 Å². The molecular weight excluding hydrogens is 329 g/mol. The Morgan fingerprint density at radius 2 is 1.65 bits per heavy atom. The maximum absolute atomic E-state index is 13.1. The van der Waals surface area contributed by atoms with Crippen molar-refractivity contribution in [1.29, 1.82) is 0 Å². The number of halogens is 1. The highest BCUT2D eigenvalue weighted by Crippen LogP contribution is 2.20. The van der Waals surface area contributed by atoms with Gasteiger partial charge in [0.2, 0.25) is 5.91 Å². The van der Waals surface area contributed by atoms with Gasteiger partial charge >= 0.3 is 0 Å². The summed E-state index contributed by atoms with van der Waals surface area (Å²) in [5.74, 6) is -0.200. The molecule has 1 fully saturated rings. The molecule has 4 nitrogen and oxygen atoms in total. The fourth-order valence-electron chi connectivity index (χ4n) is 3.46. The molecule has 2 heterocycles. The number of rotatable bonds is 3. The molecule has 1 aliphatic rings. The summed E-state index contributed by atoms with van der Waals surface area (Å²) in [5.41, 5.74) is 3.53. The Hall–Kier alpha value is -2.43. The van der Waals surface area contributed by atoms with E-state index < -0.39 is 0 Å². The van der Waals surface area contributed by atoms with Crippen LogP contribution in [0.4, 0.5) is 4.39 Å². The van der Waals surface area contributed by atoms with Gasteiger partial charge in [-0.2, -0.15) is 5.10 Å². The number of amides is 1.